The molecule has 0 aliphatic carbocycles. The molecule has 0 bridgehead atoms. The Kier molecular flexibility index (Phi) is 3.63. The van der Waals surface area contributed by atoms with Crippen LogP contribution in [-0.2, 0) is 0 Å². The minimum absolute atomic E-state index is 0.499. The summed E-state index contributed by atoms with van der Waals surface area (Å²) in [6, 6.07) is 9.54. The fourth-order valence-electron chi connectivity index (χ4n) is 1.85. The van der Waals surface area contributed by atoms with Crippen LogP contribution < -0.4 is 4.74 Å². The van der Waals surface area contributed by atoms with E-state index in [2.05, 4.69) is 11.1 Å². The highest BCUT2D eigenvalue weighted by Crippen LogP contribution is 2.24. The van der Waals surface area contributed by atoms with Gasteiger partial charge in [0.1, 0.15) is 5.75 Å². The highest BCUT2D eigenvalue weighted by molar-refractivity contribution is 5.36. The molecule has 0 fully saturated rings. The Morgan fingerprint density at radius 2 is 1.78 bits per heavy atom. The second kappa shape index (κ2) is 5.19. The van der Waals surface area contributed by atoms with Crippen LogP contribution >= 0.6 is 0 Å². The average molecular weight is 243 g/mol. The van der Waals surface area contributed by atoms with Gasteiger partial charge in [-0.15, -0.1) is 0 Å². The summed E-state index contributed by atoms with van der Waals surface area (Å²) in [6.07, 6.45) is 1.12. The molecule has 94 valence electrons. The summed E-state index contributed by atoms with van der Waals surface area (Å²) in [5.41, 5.74) is 3.10. The number of pyridine rings is 1. The molecule has 3 heteroatoms. The predicted molar refractivity (Wildman–Crippen MR) is 70.9 cm³/mol. The maximum atomic E-state index is 9.52. The van der Waals surface area contributed by atoms with Crippen molar-refractivity contribution >= 4 is 0 Å². The third-order valence-corrected chi connectivity index (χ3v) is 2.66. The standard InChI is InChI=1S/C15H17NO2/c1-10-6-11(2)8-14(7-10)18-15-9-13(12(3)17)4-5-16-15/h4-9,12,17H,1-3H3/t12-/m0/s1. The van der Waals surface area contributed by atoms with Gasteiger partial charge < -0.3 is 9.84 Å². The quantitative estimate of drug-likeness (QED) is 0.896. The van der Waals surface area contributed by atoms with Crippen LogP contribution in [0.25, 0.3) is 0 Å². The third-order valence-electron chi connectivity index (χ3n) is 2.66. The second-order valence-corrected chi connectivity index (χ2v) is 4.53. The van der Waals surface area contributed by atoms with Gasteiger partial charge in [0.15, 0.2) is 0 Å². The van der Waals surface area contributed by atoms with E-state index in [0.717, 1.165) is 22.4 Å². The van der Waals surface area contributed by atoms with Crippen LogP contribution in [0.1, 0.15) is 29.7 Å². The van der Waals surface area contributed by atoms with Gasteiger partial charge >= 0.3 is 0 Å². The molecule has 0 amide bonds. The molecule has 2 aromatic rings. The lowest BCUT2D eigenvalue weighted by Crippen LogP contribution is -1.94. The highest BCUT2D eigenvalue weighted by atomic mass is 16.5. The largest absolute Gasteiger partial charge is 0.439 e. The van der Waals surface area contributed by atoms with Gasteiger partial charge in [0.2, 0.25) is 5.88 Å². The molecule has 1 atom stereocenters. The van der Waals surface area contributed by atoms with Crippen molar-refractivity contribution in [3.63, 3.8) is 0 Å². The van der Waals surface area contributed by atoms with E-state index in [1.807, 2.05) is 26.0 Å². The first-order chi connectivity index (χ1) is 8.54. The maximum absolute atomic E-state index is 9.52. The number of hydrogen-bond acceptors (Lipinski definition) is 3. The third kappa shape index (κ3) is 3.08. The number of aryl methyl sites for hydroxylation is 2. The summed E-state index contributed by atoms with van der Waals surface area (Å²) in [7, 11) is 0. The predicted octanol–water partition coefficient (Wildman–Crippen LogP) is 3.54. The number of aromatic nitrogens is 1. The molecule has 0 radical (unpaired) electrons. The van der Waals surface area contributed by atoms with Crippen LogP contribution in [0.3, 0.4) is 0 Å². The molecule has 0 aliphatic heterocycles. The van der Waals surface area contributed by atoms with E-state index in [1.54, 1.807) is 25.3 Å². The maximum Gasteiger partial charge on any atom is 0.219 e. The Balaban J connectivity index is 2.25. The van der Waals surface area contributed by atoms with Crippen LogP contribution in [-0.4, -0.2) is 10.1 Å². The van der Waals surface area contributed by atoms with Gasteiger partial charge in [-0.2, -0.15) is 0 Å². The molecule has 0 saturated carbocycles. The van der Waals surface area contributed by atoms with Crippen LogP contribution in [0.4, 0.5) is 0 Å². The topological polar surface area (TPSA) is 42.4 Å². The number of benzene rings is 1. The normalized spacial score (nSPS) is 12.2. The Morgan fingerprint density at radius 1 is 1.11 bits per heavy atom. The minimum atomic E-state index is -0.519. The monoisotopic (exact) mass is 243 g/mol. The van der Waals surface area contributed by atoms with Crippen molar-refractivity contribution < 1.29 is 9.84 Å². The summed E-state index contributed by atoms with van der Waals surface area (Å²) >= 11 is 0. The van der Waals surface area contributed by atoms with E-state index in [1.165, 1.54) is 0 Å². The Labute approximate surface area is 107 Å². The van der Waals surface area contributed by atoms with Gasteiger partial charge in [0, 0.05) is 12.3 Å². The lowest BCUT2D eigenvalue weighted by atomic mass is 10.1. The first-order valence-corrected chi connectivity index (χ1v) is 5.95. The fraction of sp³-hybridized carbons (Fsp3) is 0.267. The van der Waals surface area contributed by atoms with Gasteiger partial charge in [-0.3, -0.25) is 0 Å². The number of aliphatic hydroxyl groups is 1. The Bertz CT molecular complexity index is 530. The van der Waals surface area contributed by atoms with E-state index < -0.39 is 6.10 Å². The summed E-state index contributed by atoms with van der Waals surface area (Å²) in [5, 5.41) is 9.52. The zero-order valence-electron chi connectivity index (χ0n) is 10.8. The van der Waals surface area contributed by atoms with Gasteiger partial charge in [-0.05, 0) is 55.7 Å². The highest BCUT2D eigenvalue weighted by Gasteiger charge is 2.05. The first-order valence-electron chi connectivity index (χ1n) is 5.95. The minimum Gasteiger partial charge on any atom is -0.439 e. The summed E-state index contributed by atoms with van der Waals surface area (Å²) in [4.78, 5) is 4.14. The number of ether oxygens (including phenoxy) is 1. The van der Waals surface area contributed by atoms with Crippen molar-refractivity contribution in [3.8, 4) is 11.6 Å². The average Bonchev–Trinajstić information content (AvgIpc) is 2.27. The van der Waals surface area contributed by atoms with E-state index in [0.29, 0.717) is 5.88 Å². The van der Waals surface area contributed by atoms with E-state index >= 15 is 0 Å². The van der Waals surface area contributed by atoms with Crippen molar-refractivity contribution in [1.29, 1.82) is 0 Å². The second-order valence-electron chi connectivity index (χ2n) is 4.53. The molecule has 1 aromatic carbocycles. The number of nitrogens with zero attached hydrogens (tertiary/aromatic N) is 1. The molecular weight excluding hydrogens is 226 g/mol. The fourth-order valence-corrected chi connectivity index (χ4v) is 1.85. The summed E-state index contributed by atoms with van der Waals surface area (Å²) in [5.74, 6) is 1.26. The van der Waals surface area contributed by atoms with E-state index in [-0.39, 0.29) is 0 Å². The van der Waals surface area contributed by atoms with E-state index in [9.17, 15) is 5.11 Å². The number of aliphatic hydroxyl groups excluding tert-OH is 1. The summed E-state index contributed by atoms with van der Waals surface area (Å²) in [6.45, 7) is 5.77. The molecule has 18 heavy (non-hydrogen) atoms. The van der Waals surface area contributed by atoms with Gasteiger partial charge in [0.05, 0.1) is 6.10 Å². The Morgan fingerprint density at radius 3 is 2.39 bits per heavy atom. The van der Waals surface area contributed by atoms with Crippen LogP contribution in [0.5, 0.6) is 11.6 Å². The smallest absolute Gasteiger partial charge is 0.219 e. The summed E-state index contributed by atoms with van der Waals surface area (Å²) < 4.78 is 5.71. The zero-order chi connectivity index (χ0) is 13.1. The van der Waals surface area contributed by atoms with Crippen LogP contribution in [0.15, 0.2) is 36.5 Å². The lowest BCUT2D eigenvalue weighted by Gasteiger charge is -2.09. The van der Waals surface area contributed by atoms with Crippen LogP contribution in [0, 0.1) is 13.8 Å². The molecule has 0 aliphatic rings. The first kappa shape index (κ1) is 12.6. The van der Waals surface area contributed by atoms with Gasteiger partial charge in [0.25, 0.3) is 0 Å². The van der Waals surface area contributed by atoms with Gasteiger partial charge in [-0.25, -0.2) is 4.98 Å². The molecule has 3 nitrogen and oxygen atoms in total. The molecule has 0 saturated heterocycles. The molecular formula is C15H17NO2. The zero-order valence-corrected chi connectivity index (χ0v) is 10.8. The Hall–Kier alpha value is -1.87. The van der Waals surface area contributed by atoms with Crippen molar-refractivity contribution in [1.82, 2.24) is 4.98 Å². The molecule has 1 heterocycles. The van der Waals surface area contributed by atoms with Crippen molar-refractivity contribution in [2.24, 2.45) is 0 Å². The van der Waals surface area contributed by atoms with E-state index in [4.69, 9.17) is 4.74 Å². The van der Waals surface area contributed by atoms with Crippen molar-refractivity contribution in [2.75, 3.05) is 0 Å². The number of rotatable bonds is 3. The molecule has 0 spiro atoms. The molecule has 0 unspecified atom stereocenters. The lowest BCUT2D eigenvalue weighted by molar-refractivity contribution is 0.198. The molecule has 1 N–H and O–H groups in total. The van der Waals surface area contributed by atoms with Crippen molar-refractivity contribution in [2.45, 2.75) is 26.9 Å². The molecule has 1 aromatic heterocycles. The van der Waals surface area contributed by atoms with Gasteiger partial charge in [-0.1, -0.05) is 6.07 Å². The van der Waals surface area contributed by atoms with Crippen LogP contribution in [0.2, 0.25) is 0 Å². The SMILES string of the molecule is Cc1cc(C)cc(Oc2cc([C@H](C)O)ccn2)c1. The molecule has 2 rings (SSSR count). The number of hydrogen-bond donors (Lipinski definition) is 1. The van der Waals surface area contributed by atoms with Crippen molar-refractivity contribution in [3.05, 3.63) is 53.2 Å².